The van der Waals surface area contributed by atoms with Gasteiger partial charge in [0.15, 0.2) is 15.7 Å². The summed E-state index contributed by atoms with van der Waals surface area (Å²) in [5.41, 5.74) is -0.0343. The molecule has 0 radical (unpaired) electrons. The molecule has 0 aromatic heterocycles. The Morgan fingerprint density at radius 2 is 1.85 bits per heavy atom. The quantitative estimate of drug-likeness (QED) is 0.343. The number of β-lactam (4-membered cyclic amide) rings is 1. The van der Waals surface area contributed by atoms with Crippen molar-refractivity contribution in [2.24, 2.45) is 0 Å². The van der Waals surface area contributed by atoms with Crippen LogP contribution in [0.1, 0.15) is 23.7 Å². The SMILES string of the molecule is C[C@@H](OC(=O)c1ccc(Cl)cc1)[C@@]12CC(=O)N1C(C(=O)O)=C(Oc1ccc([S+](C)[O-])cc1)S2. The minimum Gasteiger partial charge on any atom is -0.612 e. The van der Waals surface area contributed by atoms with Gasteiger partial charge >= 0.3 is 11.9 Å². The molecule has 2 aliphatic heterocycles. The molecule has 8 nitrogen and oxygen atoms in total. The number of carbonyl (C=O) groups excluding carboxylic acids is 2. The van der Waals surface area contributed by atoms with Crippen LogP contribution in [0, 0.1) is 0 Å². The van der Waals surface area contributed by atoms with Gasteiger partial charge in [0.25, 0.3) is 0 Å². The molecule has 0 spiro atoms. The van der Waals surface area contributed by atoms with E-state index in [9.17, 15) is 24.0 Å². The summed E-state index contributed by atoms with van der Waals surface area (Å²) >= 11 is 5.71. The molecule has 172 valence electrons. The number of hydrogen-bond acceptors (Lipinski definition) is 7. The molecule has 2 aromatic rings. The molecule has 2 aliphatic rings. The summed E-state index contributed by atoms with van der Waals surface area (Å²) in [5.74, 6) is -2.05. The van der Waals surface area contributed by atoms with Gasteiger partial charge in [0, 0.05) is 5.02 Å². The average Bonchev–Trinajstić information content (AvgIpc) is 3.03. The Hall–Kier alpha value is -2.66. The van der Waals surface area contributed by atoms with E-state index >= 15 is 0 Å². The summed E-state index contributed by atoms with van der Waals surface area (Å²) in [4.78, 5) is 37.6. The molecule has 4 rings (SSSR count). The molecule has 0 aliphatic carbocycles. The van der Waals surface area contributed by atoms with Gasteiger partial charge in [0.1, 0.15) is 23.0 Å². The summed E-state index contributed by atoms with van der Waals surface area (Å²) in [6, 6.07) is 12.5. The Morgan fingerprint density at radius 3 is 2.39 bits per heavy atom. The van der Waals surface area contributed by atoms with E-state index in [2.05, 4.69) is 0 Å². The fourth-order valence-corrected chi connectivity index (χ4v) is 5.64. The van der Waals surface area contributed by atoms with Crippen LogP contribution in [0.3, 0.4) is 0 Å². The Balaban J connectivity index is 1.57. The topological polar surface area (TPSA) is 116 Å². The molecule has 3 atom stereocenters. The maximum absolute atomic E-state index is 12.6. The number of halogens is 1. The van der Waals surface area contributed by atoms with E-state index in [0.717, 1.165) is 16.7 Å². The van der Waals surface area contributed by atoms with E-state index in [4.69, 9.17) is 21.1 Å². The van der Waals surface area contributed by atoms with Gasteiger partial charge in [0.05, 0.1) is 12.0 Å². The van der Waals surface area contributed by atoms with Gasteiger partial charge < -0.3 is 19.1 Å². The lowest BCUT2D eigenvalue weighted by molar-refractivity contribution is -0.156. The highest BCUT2D eigenvalue weighted by Crippen LogP contribution is 2.57. The molecule has 1 amide bonds. The van der Waals surface area contributed by atoms with Crippen molar-refractivity contribution in [3.8, 4) is 5.75 Å². The third kappa shape index (κ3) is 4.31. The number of aliphatic carboxylic acids is 1. The first-order valence-corrected chi connectivity index (χ1v) is 12.4. The fraction of sp³-hybridized carbons (Fsp3) is 0.227. The Labute approximate surface area is 201 Å². The standard InChI is InChI=1S/C22H18ClNO7S2/c1-12(30-20(28)13-3-5-14(23)6-4-13)22-11-17(25)24(22)18(19(26)27)21(32-22)31-15-7-9-16(10-8-15)33(2)29/h3-10,12H,11H2,1-2H3,(H,26,27)/t12-,22+,33?/m1/s1. The van der Waals surface area contributed by atoms with Crippen LogP contribution in [-0.2, 0) is 25.5 Å². The van der Waals surface area contributed by atoms with Gasteiger partial charge in [-0.25, -0.2) is 9.59 Å². The first-order chi connectivity index (χ1) is 15.6. The predicted octanol–water partition coefficient (Wildman–Crippen LogP) is 3.63. The van der Waals surface area contributed by atoms with Crippen molar-refractivity contribution in [1.82, 2.24) is 4.90 Å². The van der Waals surface area contributed by atoms with E-state index in [1.165, 1.54) is 12.1 Å². The number of esters is 1. The van der Waals surface area contributed by atoms with Crippen molar-refractivity contribution >= 4 is 52.4 Å². The van der Waals surface area contributed by atoms with E-state index in [0.29, 0.717) is 15.7 Å². The summed E-state index contributed by atoms with van der Waals surface area (Å²) in [6.07, 6.45) is 0.675. The molecule has 1 N–H and O–H groups in total. The maximum atomic E-state index is 12.6. The number of rotatable bonds is 7. The zero-order chi connectivity index (χ0) is 23.9. The highest BCUT2D eigenvalue weighted by atomic mass is 35.5. The number of carboxylic acid groups (broad SMARTS) is 1. The first kappa shape index (κ1) is 23.5. The Kier molecular flexibility index (Phi) is 6.37. The zero-order valence-electron chi connectivity index (χ0n) is 17.4. The van der Waals surface area contributed by atoms with Gasteiger partial charge in [-0.15, -0.1) is 0 Å². The molecule has 11 heteroatoms. The summed E-state index contributed by atoms with van der Waals surface area (Å²) < 4.78 is 23.0. The molecule has 1 fully saturated rings. The number of fused-ring (bicyclic) bond motifs is 1. The number of hydrogen-bond donors (Lipinski definition) is 1. The highest BCUT2D eigenvalue weighted by Gasteiger charge is 2.65. The second-order valence-electron chi connectivity index (χ2n) is 7.38. The number of carbonyl (C=O) groups is 3. The normalized spacial score (nSPS) is 21.2. The monoisotopic (exact) mass is 507 g/mol. The van der Waals surface area contributed by atoms with Crippen LogP contribution in [-0.4, -0.2) is 49.6 Å². The third-order valence-electron chi connectivity index (χ3n) is 5.29. The van der Waals surface area contributed by atoms with E-state index in [1.54, 1.807) is 49.6 Å². The number of ether oxygens (including phenoxy) is 2. The van der Waals surface area contributed by atoms with Gasteiger partial charge in [0.2, 0.25) is 5.91 Å². The van der Waals surface area contributed by atoms with Crippen LogP contribution in [0.2, 0.25) is 5.02 Å². The number of nitrogens with zero attached hydrogens (tertiary/aromatic N) is 1. The van der Waals surface area contributed by atoms with Crippen LogP contribution in [0.4, 0.5) is 0 Å². The molecule has 0 bridgehead atoms. The number of carboxylic acids is 1. The van der Waals surface area contributed by atoms with Gasteiger partial charge in [-0.2, -0.15) is 0 Å². The molecular formula is C22H18ClNO7S2. The first-order valence-electron chi connectivity index (χ1n) is 9.70. The summed E-state index contributed by atoms with van der Waals surface area (Å²) in [7, 11) is 0. The number of thioether (sulfide) groups is 1. The van der Waals surface area contributed by atoms with Crippen LogP contribution < -0.4 is 4.74 Å². The molecule has 1 saturated heterocycles. The third-order valence-corrected chi connectivity index (χ3v) is 7.95. The van der Waals surface area contributed by atoms with E-state index in [1.807, 2.05) is 0 Å². The molecular weight excluding hydrogens is 490 g/mol. The van der Waals surface area contributed by atoms with Crippen LogP contribution >= 0.6 is 23.4 Å². The highest BCUT2D eigenvalue weighted by molar-refractivity contribution is 8.04. The zero-order valence-corrected chi connectivity index (χ0v) is 19.8. The largest absolute Gasteiger partial charge is 0.612 e. The predicted molar refractivity (Wildman–Crippen MR) is 122 cm³/mol. The molecule has 2 aromatic carbocycles. The van der Waals surface area contributed by atoms with Gasteiger partial charge in [-0.1, -0.05) is 23.4 Å². The Bertz CT molecular complexity index is 1150. The summed E-state index contributed by atoms with van der Waals surface area (Å²) in [5, 5.41) is 10.3. The van der Waals surface area contributed by atoms with Crippen molar-refractivity contribution < 1.29 is 33.5 Å². The molecule has 0 saturated carbocycles. The average molecular weight is 508 g/mol. The van der Waals surface area contributed by atoms with E-state index in [-0.39, 0.29) is 22.8 Å². The lowest BCUT2D eigenvalue weighted by Crippen LogP contribution is -2.65. The molecule has 1 unspecified atom stereocenters. The smallest absolute Gasteiger partial charge is 0.357 e. The number of amides is 1. The molecule has 33 heavy (non-hydrogen) atoms. The minimum atomic E-state index is -1.34. The van der Waals surface area contributed by atoms with E-state index < -0.39 is 40.0 Å². The lowest BCUT2D eigenvalue weighted by atomic mass is 9.95. The number of benzene rings is 2. The van der Waals surface area contributed by atoms with Gasteiger partial charge in [-0.3, -0.25) is 9.69 Å². The van der Waals surface area contributed by atoms with Gasteiger partial charge in [-0.05, 0) is 66.6 Å². The lowest BCUT2D eigenvalue weighted by Gasteiger charge is -2.48. The van der Waals surface area contributed by atoms with Crippen molar-refractivity contribution in [3.05, 3.63) is 69.9 Å². The van der Waals surface area contributed by atoms with Crippen molar-refractivity contribution in [3.63, 3.8) is 0 Å². The van der Waals surface area contributed by atoms with Crippen molar-refractivity contribution in [2.75, 3.05) is 6.26 Å². The van der Waals surface area contributed by atoms with Crippen LogP contribution in [0.15, 0.2) is 64.2 Å². The fourth-order valence-electron chi connectivity index (χ4n) is 3.56. The van der Waals surface area contributed by atoms with Crippen molar-refractivity contribution in [1.29, 1.82) is 0 Å². The second kappa shape index (κ2) is 8.94. The maximum Gasteiger partial charge on any atom is 0.357 e. The Morgan fingerprint density at radius 1 is 1.21 bits per heavy atom. The molecule has 2 heterocycles. The van der Waals surface area contributed by atoms with Crippen molar-refractivity contribution in [2.45, 2.75) is 29.2 Å². The van der Waals surface area contributed by atoms with Crippen LogP contribution in [0.5, 0.6) is 5.75 Å². The second-order valence-corrected chi connectivity index (χ2v) is 10.5. The van der Waals surface area contributed by atoms with Crippen LogP contribution in [0.25, 0.3) is 0 Å². The summed E-state index contributed by atoms with van der Waals surface area (Å²) in [6.45, 7) is 1.61. The minimum absolute atomic E-state index is 0.00751.